The van der Waals surface area contributed by atoms with E-state index in [1.54, 1.807) is 12.1 Å². The van der Waals surface area contributed by atoms with Crippen LogP contribution in [0.15, 0.2) is 18.2 Å². The van der Waals surface area contributed by atoms with Crippen molar-refractivity contribution in [3.63, 3.8) is 0 Å². The van der Waals surface area contributed by atoms with E-state index in [1.165, 1.54) is 0 Å². The molecule has 17 heavy (non-hydrogen) atoms. The van der Waals surface area contributed by atoms with Gasteiger partial charge in [-0.15, -0.1) is 0 Å². The van der Waals surface area contributed by atoms with E-state index in [1.807, 2.05) is 6.07 Å². The molecule has 1 fully saturated rings. The normalized spacial score (nSPS) is 23.3. The first-order valence-electron chi connectivity index (χ1n) is 5.91. The van der Waals surface area contributed by atoms with Crippen molar-refractivity contribution in [2.75, 3.05) is 17.7 Å². The Balaban J connectivity index is 2.16. The summed E-state index contributed by atoms with van der Waals surface area (Å²) in [6, 6.07) is 7.69. The molecule has 0 heterocycles. The van der Waals surface area contributed by atoms with Crippen LogP contribution in [0.25, 0.3) is 0 Å². The van der Waals surface area contributed by atoms with E-state index in [2.05, 4.69) is 11.4 Å². The molecule has 4 N–H and O–H groups in total. The van der Waals surface area contributed by atoms with Crippen molar-refractivity contribution in [3.05, 3.63) is 23.8 Å². The average Bonchev–Trinajstić information content (AvgIpc) is 2.78. The number of nitrogen functional groups attached to an aromatic ring is 1. The Morgan fingerprint density at radius 2 is 2.29 bits per heavy atom. The van der Waals surface area contributed by atoms with Gasteiger partial charge in [-0.05, 0) is 31.0 Å². The Kier molecular flexibility index (Phi) is 3.50. The summed E-state index contributed by atoms with van der Waals surface area (Å²) in [7, 11) is 0. The number of aliphatic hydroxyl groups excluding tert-OH is 1. The average molecular weight is 231 g/mol. The van der Waals surface area contributed by atoms with Crippen LogP contribution in [0.4, 0.5) is 11.4 Å². The fourth-order valence-electron chi connectivity index (χ4n) is 2.43. The number of nitrogens with two attached hydrogens (primary N) is 1. The van der Waals surface area contributed by atoms with Crippen LogP contribution in [0.3, 0.4) is 0 Å². The van der Waals surface area contributed by atoms with Crippen molar-refractivity contribution in [1.29, 1.82) is 5.26 Å². The minimum absolute atomic E-state index is 0.203. The molecular formula is C13H17N3O. The lowest BCUT2D eigenvalue weighted by molar-refractivity contribution is 0.222. The maximum Gasteiger partial charge on any atom is 0.101 e. The van der Waals surface area contributed by atoms with Crippen LogP contribution in [0.2, 0.25) is 0 Å². The molecule has 1 aromatic rings. The predicted octanol–water partition coefficient (Wildman–Crippen LogP) is 1.71. The van der Waals surface area contributed by atoms with Crippen molar-refractivity contribution in [1.82, 2.24) is 0 Å². The molecule has 0 spiro atoms. The van der Waals surface area contributed by atoms with E-state index in [0.717, 1.165) is 24.9 Å². The van der Waals surface area contributed by atoms with Gasteiger partial charge in [0.1, 0.15) is 6.07 Å². The molecule has 1 saturated carbocycles. The Morgan fingerprint density at radius 1 is 1.47 bits per heavy atom. The van der Waals surface area contributed by atoms with E-state index in [0.29, 0.717) is 17.2 Å². The Hall–Kier alpha value is -1.73. The van der Waals surface area contributed by atoms with Crippen LogP contribution >= 0.6 is 0 Å². The lowest BCUT2D eigenvalue weighted by atomic mass is 10.0. The standard InChI is InChI=1S/C13H17N3O/c14-7-10-6-11(15)4-5-13(10)16-12-3-1-2-9(12)8-17/h4-6,9,12,16-17H,1-3,8,15H2. The third-order valence-corrected chi connectivity index (χ3v) is 3.40. The summed E-state index contributed by atoms with van der Waals surface area (Å²) in [5.74, 6) is 0.291. The molecular weight excluding hydrogens is 214 g/mol. The summed E-state index contributed by atoms with van der Waals surface area (Å²) >= 11 is 0. The maximum absolute atomic E-state index is 9.26. The maximum atomic E-state index is 9.26. The molecule has 1 aliphatic carbocycles. The second-order valence-electron chi connectivity index (χ2n) is 4.54. The number of nitrogens with one attached hydrogen (secondary N) is 1. The van der Waals surface area contributed by atoms with E-state index in [-0.39, 0.29) is 12.6 Å². The van der Waals surface area contributed by atoms with E-state index < -0.39 is 0 Å². The summed E-state index contributed by atoms with van der Waals surface area (Å²) in [6.07, 6.45) is 3.21. The van der Waals surface area contributed by atoms with Crippen molar-refractivity contribution in [3.8, 4) is 6.07 Å². The third kappa shape index (κ3) is 2.51. The van der Waals surface area contributed by atoms with Crippen molar-refractivity contribution in [2.24, 2.45) is 5.92 Å². The molecule has 0 bridgehead atoms. The van der Waals surface area contributed by atoms with Crippen molar-refractivity contribution in [2.45, 2.75) is 25.3 Å². The summed E-state index contributed by atoms with van der Waals surface area (Å²) in [5.41, 5.74) is 7.62. The van der Waals surface area contributed by atoms with Gasteiger partial charge >= 0.3 is 0 Å². The molecule has 2 unspecified atom stereocenters. The first-order valence-corrected chi connectivity index (χ1v) is 5.91. The lowest BCUT2D eigenvalue weighted by Crippen LogP contribution is -2.26. The van der Waals surface area contributed by atoms with Gasteiger partial charge in [0.15, 0.2) is 0 Å². The molecule has 2 atom stereocenters. The molecule has 1 aliphatic rings. The number of hydrogen-bond acceptors (Lipinski definition) is 4. The second-order valence-corrected chi connectivity index (χ2v) is 4.54. The molecule has 0 amide bonds. The molecule has 90 valence electrons. The predicted molar refractivity (Wildman–Crippen MR) is 67.4 cm³/mol. The zero-order valence-electron chi connectivity index (χ0n) is 9.69. The number of rotatable bonds is 3. The lowest BCUT2D eigenvalue weighted by Gasteiger charge is -2.21. The fraction of sp³-hybridized carbons (Fsp3) is 0.462. The topological polar surface area (TPSA) is 82.1 Å². The molecule has 2 rings (SSSR count). The number of nitrogens with zero attached hydrogens (tertiary/aromatic N) is 1. The van der Waals surface area contributed by atoms with Gasteiger partial charge in [-0.2, -0.15) is 5.26 Å². The highest BCUT2D eigenvalue weighted by Gasteiger charge is 2.26. The van der Waals surface area contributed by atoms with Crippen LogP contribution in [-0.4, -0.2) is 17.8 Å². The second kappa shape index (κ2) is 5.07. The summed E-state index contributed by atoms with van der Waals surface area (Å²) in [4.78, 5) is 0. The van der Waals surface area contributed by atoms with Crippen LogP contribution < -0.4 is 11.1 Å². The Bertz CT molecular complexity index is 439. The van der Waals surface area contributed by atoms with Gasteiger partial charge in [0.05, 0.1) is 11.3 Å². The van der Waals surface area contributed by atoms with E-state index in [4.69, 9.17) is 11.0 Å². The van der Waals surface area contributed by atoms with Gasteiger partial charge in [0.2, 0.25) is 0 Å². The van der Waals surface area contributed by atoms with Crippen LogP contribution in [-0.2, 0) is 0 Å². The highest BCUT2D eigenvalue weighted by atomic mass is 16.3. The quantitative estimate of drug-likeness (QED) is 0.692. The number of aliphatic hydroxyl groups is 1. The molecule has 0 aliphatic heterocycles. The molecule has 0 aromatic heterocycles. The molecule has 4 nitrogen and oxygen atoms in total. The zero-order valence-corrected chi connectivity index (χ0v) is 9.69. The molecule has 0 radical (unpaired) electrons. The summed E-state index contributed by atoms with van der Waals surface area (Å²) in [6.45, 7) is 0.203. The van der Waals surface area contributed by atoms with Crippen LogP contribution in [0.1, 0.15) is 24.8 Å². The van der Waals surface area contributed by atoms with Gasteiger partial charge in [0.25, 0.3) is 0 Å². The highest BCUT2D eigenvalue weighted by Crippen LogP contribution is 2.29. The number of benzene rings is 1. The van der Waals surface area contributed by atoms with E-state index in [9.17, 15) is 5.11 Å². The van der Waals surface area contributed by atoms with Gasteiger partial charge in [-0.3, -0.25) is 0 Å². The monoisotopic (exact) mass is 231 g/mol. The van der Waals surface area contributed by atoms with Gasteiger partial charge in [0, 0.05) is 24.3 Å². The number of hydrogen-bond donors (Lipinski definition) is 3. The highest BCUT2D eigenvalue weighted by molar-refractivity contribution is 5.63. The van der Waals surface area contributed by atoms with Crippen LogP contribution in [0, 0.1) is 17.2 Å². The van der Waals surface area contributed by atoms with Crippen LogP contribution in [0.5, 0.6) is 0 Å². The summed E-state index contributed by atoms with van der Waals surface area (Å²) in [5, 5.41) is 21.7. The number of nitriles is 1. The molecule has 4 heteroatoms. The fourth-order valence-corrected chi connectivity index (χ4v) is 2.43. The first kappa shape index (κ1) is 11.7. The summed E-state index contributed by atoms with van der Waals surface area (Å²) < 4.78 is 0. The van der Waals surface area contributed by atoms with Gasteiger partial charge < -0.3 is 16.2 Å². The first-order chi connectivity index (χ1) is 8.24. The Morgan fingerprint density at radius 3 is 3.00 bits per heavy atom. The zero-order chi connectivity index (χ0) is 12.3. The smallest absolute Gasteiger partial charge is 0.101 e. The van der Waals surface area contributed by atoms with E-state index >= 15 is 0 Å². The Labute approximate surface area is 101 Å². The van der Waals surface area contributed by atoms with Crippen molar-refractivity contribution < 1.29 is 5.11 Å². The van der Waals surface area contributed by atoms with Crippen molar-refractivity contribution >= 4 is 11.4 Å². The minimum Gasteiger partial charge on any atom is -0.399 e. The number of anilines is 2. The third-order valence-electron chi connectivity index (χ3n) is 3.40. The van der Waals surface area contributed by atoms with Gasteiger partial charge in [-0.1, -0.05) is 6.42 Å². The minimum atomic E-state index is 0.203. The SMILES string of the molecule is N#Cc1cc(N)ccc1NC1CCCC1CO. The van der Waals surface area contributed by atoms with Gasteiger partial charge in [-0.25, -0.2) is 0 Å². The molecule has 1 aromatic carbocycles. The largest absolute Gasteiger partial charge is 0.399 e. The molecule has 0 saturated heterocycles.